The molecule has 1 N–H and O–H groups in total. The molecule has 0 amide bonds. The van der Waals surface area contributed by atoms with Crippen LogP contribution in [0.5, 0.6) is 11.5 Å². The highest BCUT2D eigenvalue weighted by atomic mass is 16.5. The molecule has 3 rings (SSSR count). The Morgan fingerprint density at radius 3 is 2.50 bits per heavy atom. The van der Waals surface area contributed by atoms with Gasteiger partial charge in [-0.25, -0.2) is 0 Å². The summed E-state index contributed by atoms with van der Waals surface area (Å²) < 4.78 is 10.3. The van der Waals surface area contributed by atoms with Crippen LogP contribution in [0.25, 0.3) is 22.8 Å². The molecule has 2 aromatic carbocycles. The van der Waals surface area contributed by atoms with E-state index in [0.717, 1.165) is 11.3 Å². The lowest BCUT2D eigenvalue weighted by Gasteiger charge is -1.99. The maximum Gasteiger partial charge on any atom is 0.261 e. The molecular formula is C15H12N2O3. The van der Waals surface area contributed by atoms with Gasteiger partial charge < -0.3 is 14.4 Å². The number of phenols is 1. The number of hydrogen-bond donors (Lipinski definition) is 1. The molecule has 3 aromatic rings. The summed E-state index contributed by atoms with van der Waals surface area (Å²) in [4.78, 5) is 4.29. The van der Waals surface area contributed by atoms with Crippen LogP contribution in [0.15, 0.2) is 53.1 Å². The van der Waals surface area contributed by atoms with Crippen LogP contribution in [-0.2, 0) is 0 Å². The maximum absolute atomic E-state index is 9.77. The molecule has 0 saturated carbocycles. The molecule has 0 aliphatic carbocycles. The Kier molecular flexibility index (Phi) is 3.09. The van der Waals surface area contributed by atoms with Crippen molar-refractivity contribution in [2.45, 2.75) is 0 Å². The van der Waals surface area contributed by atoms with Crippen LogP contribution in [0.2, 0.25) is 0 Å². The van der Waals surface area contributed by atoms with Crippen LogP contribution in [0.3, 0.4) is 0 Å². The van der Waals surface area contributed by atoms with E-state index in [0.29, 0.717) is 11.4 Å². The molecule has 0 unspecified atom stereocenters. The van der Waals surface area contributed by atoms with Crippen molar-refractivity contribution in [3.8, 4) is 34.3 Å². The minimum Gasteiger partial charge on any atom is -0.507 e. The maximum atomic E-state index is 9.77. The summed E-state index contributed by atoms with van der Waals surface area (Å²) in [6, 6.07) is 14.2. The minimum absolute atomic E-state index is 0.109. The summed E-state index contributed by atoms with van der Waals surface area (Å²) in [6.45, 7) is 0. The average molecular weight is 268 g/mol. The first kappa shape index (κ1) is 12.2. The van der Waals surface area contributed by atoms with Crippen LogP contribution < -0.4 is 4.74 Å². The van der Waals surface area contributed by atoms with E-state index in [4.69, 9.17) is 9.26 Å². The summed E-state index contributed by atoms with van der Waals surface area (Å²) >= 11 is 0. The molecule has 0 radical (unpaired) electrons. The van der Waals surface area contributed by atoms with Gasteiger partial charge in [0.2, 0.25) is 5.82 Å². The fourth-order valence-electron chi connectivity index (χ4n) is 1.84. The Balaban J connectivity index is 1.95. The summed E-state index contributed by atoms with van der Waals surface area (Å²) in [7, 11) is 1.61. The number of aromatic hydroxyl groups is 1. The van der Waals surface area contributed by atoms with Crippen molar-refractivity contribution < 1.29 is 14.4 Å². The summed E-state index contributed by atoms with van der Waals surface area (Å²) in [5, 5.41) is 13.7. The van der Waals surface area contributed by atoms with Gasteiger partial charge in [-0.05, 0) is 36.4 Å². The number of benzene rings is 2. The molecule has 5 heteroatoms. The highest BCUT2D eigenvalue weighted by Crippen LogP contribution is 2.29. The van der Waals surface area contributed by atoms with Gasteiger partial charge in [0.1, 0.15) is 11.5 Å². The number of methoxy groups -OCH3 is 1. The first-order valence-electron chi connectivity index (χ1n) is 6.04. The van der Waals surface area contributed by atoms with E-state index in [9.17, 15) is 5.11 Å². The molecule has 0 spiro atoms. The van der Waals surface area contributed by atoms with Crippen molar-refractivity contribution >= 4 is 0 Å². The van der Waals surface area contributed by atoms with Gasteiger partial charge in [0.15, 0.2) is 0 Å². The fourth-order valence-corrected chi connectivity index (χ4v) is 1.84. The molecule has 1 aromatic heterocycles. The second-order valence-corrected chi connectivity index (χ2v) is 4.17. The van der Waals surface area contributed by atoms with Crippen molar-refractivity contribution in [2.75, 3.05) is 7.11 Å². The summed E-state index contributed by atoms with van der Waals surface area (Å²) in [5.74, 6) is 1.62. The molecule has 0 saturated heterocycles. The molecular weight excluding hydrogens is 256 g/mol. The Morgan fingerprint density at radius 1 is 1.05 bits per heavy atom. The number of para-hydroxylation sites is 1. The smallest absolute Gasteiger partial charge is 0.261 e. The molecule has 1 heterocycles. The van der Waals surface area contributed by atoms with Crippen LogP contribution in [0.4, 0.5) is 0 Å². The predicted octanol–water partition coefficient (Wildman–Crippen LogP) is 3.12. The van der Waals surface area contributed by atoms with E-state index in [2.05, 4.69) is 10.1 Å². The molecule has 20 heavy (non-hydrogen) atoms. The second kappa shape index (κ2) is 5.05. The number of ether oxygens (including phenoxy) is 1. The van der Waals surface area contributed by atoms with Crippen LogP contribution in [-0.4, -0.2) is 22.4 Å². The van der Waals surface area contributed by atoms with E-state index in [1.165, 1.54) is 0 Å². The molecule has 0 aliphatic rings. The Bertz CT molecular complexity index is 720. The zero-order valence-corrected chi connectivity index (χ0v) is 10.8. The Labute approximate surface area is 115 Å². The van der Waals surface area contributed by atoms with E-state index < -0.39 is 0 Å². The van der Waals surface area contributed by atoms with Gasteiger partial charge in [-0.15, -0.1) is 0 Å². The quantitative estimate of drug-likeness (QED) is 0.790. The number of aromatic nitrogens is 2. The first-order valence-corrected chi connectivity index (χ1v) is 6.04. The normalized spacial score (nSPS) is 10.4. The van der Waals surface area contributed by atoms with Gasteiger partial charge in [-0.2, -0.15) is 4.98 Å². The lowest BCUT2D eigenvalue weighted by Crippen LogP contribution is -1.84. The van der Waals surface area contributed by atoms with Crippen LogP contribution in [0.1, 0.15) is 0 Å². The Hall–Kier alpha value is -2.82. The van der Waals surface area contributed by atoms with Gasteiger partial charge >= 0.3 is 0 Å². The van der Waals surface area contributed by atoms with Gasteiger partial charge in [0, 0.05) is 5.56 Å². The standard InChI is InChI=1S/C15H12N2O3/c1-19-11-8-6-10(7-9-11)14-16-15(20-17-14)12-4-2-3-5-13(12)18/h2-9,18H,1H3. The zero-order chi connectivity index (χ0) is 13.9. The minimum atomic E-state index is 0.109. The topological polar surface area (TPSA) is 68.4 Å². The molecule has 0 fully saturated rings. The summed E-state index contributed by atoms with van der Waals surface area (Å²) in [5.41, 5.74) is 1.33. The number of hydrogen-bond acceptors (Lipinski definition) is 5. The van der Waals surface area contributed by atoms with Crippen molar-refractivity contribution in [1.82, 2.24) is 10.1 Å². The predicted molar refractivity (Wildman–Crippen MR) is 73.4 cm³/mol. The molecule has 5 nitrogen and oxygen atoms in total. The highest BCUT2D eigenvalue weighted by molar-refractivity contribution is 5.64. The second-order valence-electron chi connectivity index (χ2n) is 4.17. The zero-order valence-electron chi connectivity index (χ0n) is 10.8. The number of phenolic OH excluding ortho intramolecular Hbond substituents is 1. The van der Waals surface area contributed by atoms with Crippen LogP contribution in [0, 0.1) is 0 Å². The molecule has 100 valence electrons. The van der Waals surface area contributed by atoms with Crippen LogP contribution >= 0.6 is 0 Å². The third-order valence-corrected chi connectivity index (χ3v) is 2.91. The van der Waals surface area contributed by atoms with E-state index in [1.807, 2.05) is 24.3 Å². The average Bonchev–Trinajstić information content (AvgIpc) is 2.97. The largest absolute Gasteiger partial charge is 0.507 e. The van der Waals surface area contributed by atoms with Crippen molar-refractivity contribution in [3.05, 3.63) is 48.5 Å². The third-order valence-electron chi connectivity index (χ3n) is 2.91. The van der Waals surface area contributed by atoms with Crippen molar-refractivity contribution in [2.24, 2.45) is 0 Å². The van der Waals surface area contributed by atoms with Gasteiger partial charge in [0.25, 0.3) is 5.89 Å². The number of rotatable bonds is 3. The Morgan fingerprint density at radius 2 is 1.80 bits per heavy atom. The lowest BCUT2D eigenvalue weighted by atomic mass is 10.2. The monoisotopic (exact) mass is 268 g/mol. The molecule has 0 atom stereocenters. The van der Waals surface area contributed by atoms with Gasteiger partial charge in [-0.1, -0.05) is 17.3 Å². The third kappa shape index (κ3) is 2.21. The molecule has 0 bridgehead atoms. The van der Waals surface area contributed by atoms with Gasteiger partial charge in [-0.3, -0.25) is 0 Å². The van der Waals surface area contributed by atoms with Gasteiger partial charge in [0.05, 0.1) is 12.7 Å². The fraction of sp³-hybridized carbons (Fsp3) is 0.0667. The molecule has 0 aliphatic heterocycles. The summed E-state index contributed by atoms with van der Waals surface area (Å²) in [6.07, 6.45) is 0. The van der Waals surface area contributed by atoms with E-state index in [1.54, 1.807) is 31.4 Å². The highest BCUT2D eigenvalue weighted by Gasteiger charge is 2.13. The van der Waals surface area contributed by atoms with E-state index >= 15 is 0 Å². The van der Waals surface area contributed by atoms with Crippen molar-refractivity contribution in [1.29, 1.82) is 0 Å². The van der Waals surface area contributed by atoms with Crippen molar-refractivity contribution in [3.63, 3.8) is 0 Å². The number of nitrogens with zero attached hydrogens (tertiary/aromatic N) is 2. The first-order chi connectivity index (χ1) is 9.78. The SMILES string of the molecule is COc1ccc(-c2noc(-c3ccccc3O)n2)cc1. The van der Waals surface area contributed by atoms with E-state index in [-0.39, 0.29) is 11.6 Å². The lowest BCUT2D eigenvalue weighted by molar-refractivity contribution is 0.414.